The van der Waals surface area contributed by atoms with Gasteiger partial charge in [0, 0.05) is 5.56 Å². The first-order valence-corrected chi connectivity index (χ1v) is 33.9. The van der Waals surface area contributed by atoms with E-state index in [1.165, 1.54) is 148 Å². The molecule has 0 amide bonds. The van der Waals surface area contributed by atoms with E-state index in [0.717, 1.165) is 30.1 Å². The van der Waals surface area contributed by atoms with Crippen molar-refractivity contribution in [1.29, 1.82) is 0 Å². The zero-order valence-corrected chi connectivity index (χ0v) is 55.0. The summed E-state index contributed by atoms with van der Waals surface area (Å²) >= 11 is 0. The highest BCUT2D eigenvalue weighted by molar-refractivity contribution is 7.85. The molecule has 6 nitrogen and oxygen atoms in total. The van der Waals surface area contributed by atoms with Gasteiger partial charge >= 0.3 is 0 Å². The number of aldehydes is 1. The van der Waals surface area contributed by atoms with Gasteiger partial charge in [-0.25, -0.2) is 0 Å². The molecule has 0 aromatic heterocycles. The van der Waals surface area contributed by atoms with Crippen LogP contribution in [0.2, 0.25) is 0 Å². The van der Waals surface area contributed by atoms with Gasteiger partial charge in [-0.15, -0.1) is 0 Å². The molecule has 16 rings (SSSR count). The Kier molecular flexibility index (Phi) is 19.8. The van der Waals surface area contributed by atoms with Gasteiger partial charge in [-0.2, -0.15) is 15.5 Å². The number of hydrogen-bond donors (Lipinski definition) is 1. The minimum atomic E-state index is -3.67. The molecule has 16 aromatic rings. The lowest BCUT2D eigenvalue weighted by atomic mass is 9.84. The van der Waals surface area contributed by atoms with Crippen molar-refractivity contribution >= 4 is 109 Å². The van der Waals surface area contributed by atoms with Crippen LogP contribution >= 0.6 is 0 Å². The van der Waals surface area contributed by atoms with E-state index in [0.29, 0.717) is 11.8 Å². The van der Waals surface area contributed by atoms with Crippen molar-refractivity contribution in [2.24, 2.45) is 0 Å². The fourth-order valence-electron chi connectivity index (χ4n) is 13.2. The summed E-state index contributed by atoms with van der Waals surface area (Å²) in [6, 6.07) is 109. The third kappa shape index (κ3) is 13.7. The number of carbonyl (C=O) groups excluding carboxylic acids is 1. The molecule has 0 atom stereocenters. The minimum Gasteiger partial charge on any atom is -0.857 e. The standard InChI is InChI=1S/C43H30O.C41H26O.C3H8.CH4O3S.CH3O/c1-44-25-24-31-12-6-7-15-37(31)34-22-23-40-41(28-34)43(36-21-19-30-11-3-5-14-33(30)27-36)39-17-9-8-16-38(39)42(40)35-20-18-29-10-2-4-13-32(29)26-35;42-26-34-13-5-6-14-35(34)31-21-22-38-39(25-31)41(33-20-18-28-10-2-4-12-30(28)24-33)37-16-8-7-15-36(37)40(38)32-19-17-27-9-1-3-11-29(27)23-32;1-3-2;1-5(2,3)4;1-2/h2-28H,1H3;1-26H;3H2,1-2H3;1H3,(H,2,3,4);1H3/q;;;;-1. The molecule has 0 aliphatic rings. The van der Waals surface area contributed by atoms with E-state index < -0.39 is 10.1 Å². The molecule has 0 saturated carbocycles. The lowest BCUT2D eigenvalue weighted by Gasteiger charge is -2.19. The molecule has 7 heteroatoms. The van der Waals surface area contributed by atoms with Crippen molar-refractivity contribution in [3.05, 3.63) is 321 Å². The van der Waals surface area contributed by atoms with Crippen LogP contribution in [0.15, 0.2) is 310 Å². The van der Waals surface area contributed by atoms with Gasteiger partial charge in [-0.05, 0) is 201 Å². The Hall–Kier alpha value is -11.3. The van der Waals surface area contributed by atoms with Gasteiger partial charge in [-0.3, -0.25) is 9.35 Å². The van der Waals surface area contributed by atoms with Crippen molar-refractivity contribution in [2.75, 3.05) is 20.5 Å². The highest BCUT2D eigenvalue weighted by Crippen LogP contribution is 2.48. The highest BCUT2D eigenvalue weighted by atomic mass is 32.2. The van der Waals surface area contributed by atoms with Crippen molar-refractivity contribution < 1.29 is 27.6 Å². The van der Waals surface area contributed by atoms with E-state index >= 15 is 0 Å². The Morgan fingerprint density at radius 2 is 0.583 bits per heavy atom. The lowest BCUT2D eigenvalue weighted by Crippen LogP contribution is -1.93. The molecule has 470 valence electrons. The number of methoxy groups -OCH3 is 1. The average Bonchev–Trinajstić information content (AvgIpc) is 0.746. The van der Waals surface area contributed by atoms with Crippen LogP contribution < -0.4 is 5.11 Å². The summed E-state index contributed by atoms with van der Waals surface area (Å²) in [7, 11) is -1.23. The van der Waals surface area contributed by atoms with E-state index in [1.807, 2.05) is 30.3 Å². The molecule has 0 aliphatic carbocycles. The van der Waals surface area contributed by atoms with Crippen LogP contribution in [-0.4, -0.2) is 39.7 Å². The average molecular weight is 1270 g/mol. The monoisotopic (exact) mass is 1270 g/mol. The molecule has 1 N–H and O–H groups in total. The number of carbonyl (C=O) groups is 1. The Morgan fingerprint density at radius 1 is 0.333 bits per heavy atom. The summed E-state index contributed by atoms with van der Waals surface area (Å²) in [4.78, 5) is 12.0. The maximum atomic E-state index is 12.0. The molecule has 0 bridgehead atoms. The van der Waals surface area contributed by atoms with E-state index in [2.05, 4.69) is 293 Å². The zero-order chi connectivity index (χ0) is 66.7. The second-order valence-electron chi connectivity index (χ2n) is 23.6. The summed E-state index contributed by atoms with van der Waals surface area (Å²) in [5.74, 6) is 0. The van der Waals surface area contributed by atoms with Crippen molar-refractivity contribution in [2.45, 2.75) is 20.3 Å². The van der Waals surface area contributed by atoms with Crippen LogP contribution in [0.3, 0.4) is 0 Å². The number of rotatable bonds is 9. The normalized spacial score (nSPS) is 11.2. The maximum Gasteiger partial charge on any atom is 0.261 e. The van der Waals surface area contributed by atoms with E-state index in [1.54, 1.807) is 13.4 Å². The van der Waals surface area contributed by atoms with Crippen LogP contribution in [-0.2, 0) is 14.9 Å². The second kappa shape index (κ2) is 29.3. The molecule has 0 saturated heterocycles. The molecule has 0 heterocycles. The fourth-order valence-corrected chi connectivity index (χ4v) is 13.2. The van der Waals surface area contributed by atoms with Gasteiger partial charge < -0.3 is 9.84 Å². The molecule has 16 aromatic carbocycles. The van der Waals surface area contributed by atoms with Crippen LogP contribution in [0.4, 0.5) is 0 Å². The molecule has 0 unspecified atom stereocenters. The lowest BCUT2D eigenvalue weighted by molar-refractivity contribution is -0.325. The second-order valence-corrected chi connectivity index (χ2v) is 25.1. The molecule has 96 heavy (non-hydrogen) atoms. The van der Waals surface area contributed by atoms with E-state index in [-0.39, 0.29) is 0 Å². The molecule has 0 fully saturated rings. The van der Waals surface area contributed by atoms with Crippen LogP contribution in [0.5, 0.6) is 0 Å². The van der Waals surface area contributed by atoms with Gasteiger partial charge in [0.1, 0.15) is 0 Å². The number of benzene rings is 16. The van der Waals surface area contributed by atoms with Crippen molar-refractivity contribution in [3.8, 4) is 66.8 Å². The zero-order valence-electron chi connectivity index (χ0n) is 54.2. The first-order valence-electron chi connectivity index (χ1n) is 32.1. The SMILES string of the molecule is CCC.COC=Cc1ccccc1-c1ccc2c(-c3ccc4ccccc4c3)c3ccccc3c(-c3ccc4ccccc4c3)c2c1.CS(=O)(=O)O.C[O-].O=Cc1ccccc1-c1ccc2c(-c3ccc4ccccc4c3)c3ccccc3c(-c3ccc4ccccc4c3)c2c1. The molecular formula is C89H71O6S-. The summed E-state index contributed by atoms with van der Waals surface area (Å²) in [6.07, 6.45) is 6.69. The maximum absolute atomic E-state index is 12.0. The molecule has 0 aliphatic heterocycles. The smallest absolute Gasteiger partial charge is 0.261 e. The quantitative estimate of drug-likeness (QED) is 0.0668. The van der Waals surface area contributed by atoms with Gasteiger partial charge in [0.05, 0.1) is 19.6 Å². The molecule has 0 radical (unpaired) electrons. The topological polar surface area (TPSA) is 104 Å². The van der Waals surface area contributed by atoms with Gasteiger partial charge in [0.25, 0.3) is 10.1 Å². The fraction of sp³-hybridized carbons (Fsp3) is 0.0674. The van der Waals surface area contributed by atoms with Crippen LogP contribution in [0.25, 0.3) is 159 Å². The van der Waals surface area contributed by atoms with Gasteiger partial charge in [-0.1, -0.05) is 287 Å². The first kappa shape index (κ1) is 64.8. The van der Waals surface area contributed by atoms with E-state index in [9.17, 15) is 13.2 Å². The summed E-state index contributed by atoms with van der Waals surface area (Å²) in [5.41, 5.74) is 15.9. The van der Waals surface area contributed by atoms with Gasteiger partial charge in [0.15, 0.2) is 6.29 Å². The molecule has 0 spiro atoms. The number of hydrogen-bond acceptors (Lipinski definition) is 5. The Bertz CT molecular complexity index is 5680. The van der Waals surface area contributed by atoms with Crippen LogP contribution in [0, 0.1) is 0 Å². The Morgan fingerprint density at radius 3 is 0.906 bits per heavy atom. The predicted octanol–water partition coefficient (Wildman–Crippen LogP) is 22.9. The van der Waals surface area contributed by atoms with E-state index in [4.69, 9.17) is 14.4 Å². The number of ether oxygens (including phenoxy) is 1. The largest absolute Gasteiger partial charge is 0.857 e. The van der Waals surface area contributed by atoms with Crippen molar-refractivity contribution in [1.82, 2.24) is 0 Å². The summed E-state index contributed by atoms with van der Waals surface area (Å²) in [5, 5.41) is 27.9. The molecular weight excluding hydrogens is 1200 g/mol. The summed E-state index contributed by atoms with van der Waals surface area (Å²) < 4.78 is 31.1. The van der Waals surface area contributed by atoms with Crippen LogP contribution in [0.1, 0.15) is 36.2 Å². The minimum absolute atomic E-state index is 0.694. The number of fused-ring (bicyclic) bond motifs is 8. The Labute approximate surface area is 561 Å². The predicted molar refractivity (Wildman–Crippen MR) is 406 cm³/mol. The Balaban J connectivity index is 0.000000162. The summed E-state index contributed by atoms with van der Waals surface area (Å²) in [6.45, 7) is 4.25. The first-order chi connectivity index (χ1) is 47.0. The van der Waals surface area contributed by atoms with Gasteiger partial charge in [0.2, 0.25) is 0 Å². The highest BCUT2D eigenvalue weighted by Gasteiger charge is 2.21. The van der Waals surface area contributed by atoms with Crippen molar-refractivity contribution in [3.63, 3.8) is 0 Å². The third-order valence-electron chi connectivity index (χ3n) is 17.3. The third-order valence-corrected chi connectivity index (χ3v) is 17.3.